The van der Waals surface area contributed by atoms with Crippen molar-refractivity contribution in [2.24, 2.45) is 0 Å². The fourth-order valence-corrected chi connectivity index (χ4v) is 3.54. The second-order valence-corrected chi connectivity index (χ2v) is 7.52. The van der Waals surface area contributed by atoms with Crippen LogP contribution >= 0.6 is 46.4 Å². The van der Waals surface area contributed by atoms with E-state index in [1.165, 1.54) is 6.08 Å². The Morgan fingerprint density at radius 1 is 1.00 bits per heavy atom. The molecule has 0 spiro atoms. The molecule has 0 aromatic heterocycles. The predicted octanol–water partition coefficient (Wildman–Crippen LogP) is 5.79. The summed E-state index contributed by atoms with van der Waals surface area (Å²) in [5.41, 5.74) is 1.51. The van der Waals surface area contributed by atoms with E-state index in [2.05, 4.69) is 5.32 Å². The Bertz CT molecular complexity index is 968. The Morgan fingerprint density at radius 2 is 1.68 bits per heavy atom. The molecule has 5 nitrogen and oxygen atoms in total. The number of rotatable bonds is 5. The van der Waals surface area contributed by atoms with Crippen molar-refractivity contribution in [2.75, 3.05) is 6.54 Å². The molecule has 1 fully saturated rings. The summed E-state index contributed by atoms with van der Waals surface area (Å²) in [4.78, 5) is 25.0. The first-order valence-electron chi connectivity index (χ1n) is 8.20. The van der Waals surface area contributed by atoms with Crippen LogP contribution in [0.2, 0.25) is 20.1 Å². The molecule has 1 N–H and O–H groups in total. The SMILES string of the molecule is CCN1C(=O)N/C(=C/c2cc(Cl)c(OCc3ccc(Cl)c(Cl)c3)c(Cl)c2)C1=O. The third-order valence-electron chi connectivity index (χ3n) is 3.98. The summed E-state index contributed by atoms with van der Waals surface area (Å²) in [6, 6.07) is 7.88. The minimum atomic E-state index is -0.461. The molecule has 0 unspecified atom stereocenters. The van der Waals surface area contributed by atoms with Crippen LogP contribution in [0.5, 0.6) is 5.75 Å². The minimum absolute atomic E-state index is 0.156. The fourth-order valence-electron chi connectivity index (χ4n) is 2.61. The lowest BCUT2D eigenvalue weighted by Gasteiger charge is -2.12. The van der Waals surface area contributed by atoms with Gasteiger partial charge >= 0.3 is 6.03 Å². The molecule has 1 heterocycles. The van der Waals surface area contributed by atoms with E-state index in [0.717, 1.165) is 10.5 Å². The number of nitrogens with zero attached hydrogens (tertiary/aromatic N) is 1. The first-order valence-corrected chi connectivity index (χ1v) is 9.71. The number of hydrogen-bond donors (Lipinski definition) is 1. The molecule has 2 aromatic carbocycles. The van der Waals surface area contributed by atoms with Crippen LogP contribution in [0.25, 0.3) is 6.08 Å². The van der Waals surface area contributed by atoms with Crippen molar-refractivity contribution >= 4 is 64.4 Å². The van der Waals surface area contributed by atoms with Crippen molar-refractivity contribution in [2.45, 2.75) is 13.5 Å². The van der Waals surface area contributed by atoms with Gasteiger partial charge in [0.25, 0.3) is 5.91 Å². The molecule has 3 rings (SSSR count). The van der Waals surface area contributed by atoms with Gasteiger partial charge in [0.1, 0.15) is 12.3 Å². The van der Waals surface area contributed by atoms with Crippen LogP contribution in [0.15, 0.2) is 36.0 Å². The molecule has 0 saturated carbocycles. The van der Waals surface area contributed by atoms with Crippen LogP contribution in [0.4, 0.5) is 4.79 Å². The molecule has 28 heavy (non-hydrogen) atoms. The molecule has 2 aromatic rings. The summed E-state index contributed by atoms with van der Waals surface area (Å²) in [6.07, 6.45) is 1.51. The van der Waals surface area contributed by atoms with Gasteiger partial charge in [-0.25, -0.2) is 4.79 Å². The molecule has 1 aliphatic rings. The Kier molecular flexibility index (Phi) is 6.40. The topological polar surface area (TPSA) is 58.6 Å². The summed E-state index contributed by atoms with van der Waals surface area (Å²) in [5, 5.41) is 3.93. The Hall–Kier alpha value is -1.92. The first-order chi connectivity index (χ1) is 13.3. The second kappa shape index (κ2) is 8.62. The quantitative estimate of drug-likeness (QED) is 0.454. The van der Waals surface area contributed by atoms with Gasteiger partial charge in [-0.05, 0) is 48.4 Å². The zero-order valence-electron chi connectivity index (χ0n) is 14.6. The zero-order chi connectivity index (χ0) is 20.4. The van der Waals surface area contributed by atoms with E-state index in [9.17, 15) is 9.59 Å². The third-order valence-corrected chi connectivity index (χ3v) is 5.28. The van der Waals surface area contributed by atoms with Crippen LogP contribution in [0.1, 0.15) is 18.1 Å². The summed E-state index contributed by atoms with van der Waals surface area (Å²) in [5.74, 6) is -0.104. The molecular weight excluding hydrogens is 446 g/mol. The lowest BCUT2D eigenvalue weighted by molar-refractivity contribution is -0.122. The van der Waals surface area contributed by atoms with Gasteiger partial charge in [0, 0.05) is 6.54 Å². The van der Waals surface area contributed by atoms with Gasteiger partial charge in [-0.1, -0.05) is 52.5 Å². The smallest absolute Gasteiger partial charge is 0.328 e. The monoisotopic (exact) mass is 458 g/mol. The highest BCUT2D eigenvalue weighted by atomic mass is 35.5. The second-order valence-electron chi connectivity index (χ2n) is 5.89. The predicted molar refractivity (Wildman–Crippen MR) is 111 cm³/mol. The Morgan fingerprint density at radius 3 is 2.25 bits per heavy atom. The van der Waals surface area contributed by atoms with Gasteiger partial charge in [0.15, 0.2) is 5.75 Å². The van der Waals surface area contributed by atoms with Gasteiger partial charge in [-0.15, -0.1) is 0 Å². The maximum Gasteiger partial charge on any atom is 0.328 e. The number of ether oxygens (including phenoxy) is 1. The van der Waals surface area contributed by atoms with Crippen molar-refractivity contribution in [3.8, 4) is 5.75 Å². The van der Waals surface area contributed by atoms with E-state index in [-0.39, 0.29) is 28.9 Å². The lowest BCUT2D eigenvalue weighted by atomic mass is 10.1. The number of urea groups is 1. The molecular formula is C19H14Cl4N2O3. The van der Waals surface area contributed by atoms with Gasteiger partial charge in [-0.2, -0.15) is 0 Å². The van der Waals surface area contributed by atoms with Crippen LogP contribution in [-0.2, 0) is 11.4 Å². The van der Waals surface area contributed by atoms with Crippen LogP contribution in [0.3, 0.4) is 0 Å². The molecule has 0 aliphatic carbocycles. The summed E-state index contributed by atoms with van der Waals surface area (Å²) in [6.45, 7) is 2.19. The summed E-state index contributed by atoms with van der Waals surface area (Å²) < 4.78 is 5.71. The maximum absolute atomic E-state index is 12.2. The Labute approximate surface area is 181 Å². The van der Waals surface area contributed by atoms with E-state index in [1.807, 2.05) is 0 Å². The number of carbonyl (C=O) groups is 2. The van der Waals surface area contributed by atoms with Crippen molar-refractivity contribution in [1.29, 1.82) is 0 Å². The van der Waals surface area contributed by atoms with Crippen LogP contribution < -0.4 is 10.1 Å². The largest absolute Gasteiger partial charge is 0.486 e. The van der Waals surface area contributed by atoms with Crippen LogP contribution in [-0.4, -0.2) is 23.4 Å². The van der Waals surface area contributed by atoms with Crippen molar-refractivity contribution in [3.63, 3.8) is 0 Å². The lowest BCUT2D eigenvalue weighted by Crippen LogP contribution is -2.30. The van der Waals surface area contributed by atoms with Crippen molar-refractivity contribution in [1.82, 2.24) is 10.2 Å². The normalized spacial score (nSPS) is 15.3. The van der Waals surface area contributed by atoms with Crippen molar-refractivity contribution < 1.29 is 14.3 Å². The van der Waals surface area contributed by atoms with Gasteiger partial charge in [0.2, 0.25) is 0 Å². The highest BCUT2D eigenvalue weighted by Crippen LogP contribution is 2.36. The number of carbonyl (C=O) groups excluding carboxylic acids is 2. The molecule has 1 aliphatic heterocycles. The van der Waals surface area contributed by atoms with Crippen molar-refractivity contribution in [3.05, 3.63) is 67.2 Å². The Balaban J connectivity index is 1.79. The minimum Gasteiger partial charge on any atom is -0.486 e. The fraction of sp³-hybridized carbons (Fsp3) is 0.158. The molecule has 3 amide bonds. The average molecular weight is 460 g/mol. The number of nitrogens with one attached hydrogen (secondary N) is 1. The number of imide groups is 1. The highest BCUT2D eigenvalue weighted by Gasteiger charge is 2.32. The van der Waals surface area contributed by atoms with Gasteiger partial charge in [0.05, 0.1) is 20.1 Å². The first kappa shape index (κ1) is 20.8. The van der Waals surface area contributed by atoms with Gasteiger partial charge < -0.3 is 10.1 Å². The number of hydrogen-bond acceptors (Lipinski definition) is 3. The molecule has 0 atom stereocenters. The van der Waals surface area contributed by atoms with E-state index < -0.39 is 11.9 Å². The van der Waals surface area contributed by atoms with E-state index in [4.69, 9.17) is 51.1 Å². The third kappa shape index (κ3) is 4.39. The zero-order valence-corrected chi connectivity index (χ0v) is 17.6. The van der Waals surface area contributed by atoms with E-state index >= 15 is 0 Å². The number of halogens is 4. The average Bonchev–Trinajstić information content (AvgIpc) is 2.90. The summed E-state index contributed by atoms with van der Waals surface area (Å²) in [7, 11) is 0. The van der Waals surface area contributed by atoms with Gasteiger partial charge in [-0.3, -0.25) is 9.69 Å². The molecule has 0 bridgehead atoms. The molecule has 1 saturated heterocycles. The molecule has 146 valence electrons. The molecule has 9 heteroatoms. The maximum atomic E-state index is 12.2. The van der Waals surface area contributed by atoms with Crippen LogP contribution in [0, 0.1) is 0 Å². The standard InChI is InChI=1S/C19H14Cl4N2O3/c1-2-25-18(26)16(24-19(25)27)8-11-6-14(22)17(15(23)7-11)28-9-10-3-4-12(20)13(21)5-10/h3-8H,2,9H2,1H3,(H,24,27)/b16-8+. The highest BCUT2D eigenvalue weighted by molar-refractivity contribution is 6.42. The number of benzene rings is 2. The number of likely N-dealkylation sites (N-methyl/N-ethyl adjacent to an activating group) is 1. The molecule has 0 radical (unpaired) electrons. The number of amides is 3. The summed E-state index contributed by atoms with van der Waals surface area (Å²) >= 11 is 24.5. The van der Waals surface area contributed by atoms with E-state index in [0.29, 0.717) is 21.4 Å². The van der Waals surface area contributed by atoms with E-state index in [1.54, 1.807) is 37.3 Å².